The standard InChI is InChI=1S/C16H32N2O/c1-3-17-16-7-6-13(2)9-15(16)11-18-8-4-5-14(10-18)12-19/h13-17,19H,3-12H2,1-2H3. The van der Waals surface area contributed by atoms with Crippen molar-refractivity contribution in [3.05, 3.63) is 0 Å². The van der Waals surface area contributed by atoms with E-state index >= 15 is 0 Å². The van der Waals surface area contributed by atoms with Gasteiger partial charge in [0.25, 0.3) is 0 Å². The van der Waals surface area contributed by atoms with E-state index in [9.17, 15) is 5.11 Å². The molecule has 2 N–H and O–H groups in total. The first kappa shape index (κ1) is 15.3. The molecule has 2 rings (SSSR count). The molecule has 1 heterocycles. The smallest absolute Gasteiger partial charge is 0.0471 e. The maximum absolute atomic E-state index is 9.35. The monoisotopic (exact) mass is 268 g/mol. The van der Waals surface area contributed by atoms with Crippen LogP contribution in [0.3, 0.4) is 0 Å². The van der Waals surface area contributed by atoms with Gasteiger partial charge in [-0.25, -0.2) is 0 Å². The van der Waals surface area contributed by atoms with Gasteiger partial charge in [0.15, 0.2) is 0 Å². The molecule has 0 radical (unpaired) electrons. The molecule has 0 amide bonds. The van der Waals surface area contributed by atoms with E-state index in [1.54, 1.807) is 0 Å². The molecule has 0 aromatic carbocycles. The van der Waals surface area contributed by atoms with Gasteiger partial charge in [0.05, 0.1) is 0 Å². The average Bonchev–Trinajstić information content (AvgIpc) is 2.42. The highest BCUT2D eigenvalue weighted by molar-refractivity contribution is 4.86. The number of aliphatic hydroxyl groups excluding tert-OH is 1. The fourth-order valence-corrected chi connectivity index (χ4v) is 4.03. The van der Waals surface area contributed by atoms with Crippen LogP contribution in [0.25, 0.3) is 0 Å². The fraction of sp³-hybridized carbons (Fsp3) is 1.00. The molecule has 112 valence electrons. The Kier molecular flexibility index (Phi) is 6.11. The Hall–Kier alpha value is -0.120. The van der Waals surface area contributed by atoms with Gasteiger partial charge in [0.1, 0.15) is 0 Å². The lowest BCUT2D eigenvalue weighted by molar-refractivity contribution is 0.0849. The maximum Gasteiger partial charge on any atom is 0.0471 e. The summed E-state index contributed by atoms with van der Waals surface area (Å²) in [6.45, 7) is 9.67. The molecule has 3 heteroatoms. The van der Waals surface area contributed by atoms with Gasteiger partial charge >= 0.3 is 0 Å². The molecule has 4 atom stereocenters. The SMILES string of the molecule is CCNC1CCC(C)CC1CN1CCCC(CO)C1. The van der Waals surface area contributed by atoms with Gasteiger partial charge in [-0.1, -0.05) is 13.8 Å². The summed E-state index contributed by atoms with van der Waals surface area (Å²) in [5.74, 6) is 2.21. The Balaban J connectivity index is 1.86. The Morgan fingerprint density at radius 3 is 2.84 bits per heavy atom. The van der Waals surface area contributed by atoms with E-state index in [1.165, 1.54) is 45.2 Å². The molecule has 0 spiro atoms. The number of aliphatic hydroxyl groups is 1. The van der Waals surface area contributed by atoms with E-state index in [1.807, 2.05) is 0 Å². The minimum atomic E-state index is 0.369. The summed E-state index contributed by atoms with van der Waals surface area (Å²) in [5, 5.41) is 13.0. The van der Waals surface area contributed by atoms with Crippen LogP contribution in [-0.4, -0.2) is 48.8 Å². The van der Waals surface area contributed by atoms with Crippen LogP contribution in [0.2, 0.25) is 0 Å². The minimum absolute atomic E-state index is 0.369. The maximum atomic E-state index is 9.35. The number of rotatable bonds is 5. The number of hydrogen-bond acceptors (Lipinski definition) is 3. The molecule has 1 aliphatic carbocycles. The molecule has 0 aromatic rings. The third-order valence-corrected chi connectivity index (χ3v) is 5.06. The van der Waals surface area contributed by atoms with Crippen LogP contribution in [0.1, 0.15) is 46.0 Å². The van der Waals surface area contributed by atoms with E-state index in [4.69, 9.17) is 0 Å². The predicted octanol–water partition coefficient (Wildman–Crippen LogP) is 2.11. The molecule has 1 saturated heterocycles. The molecule has 2 aliphatic rings. The van der Waals surface area contributed by atoms with Crippen molar-refractivity contribution in [3.8, 4) is 0 Å². The summed E-state index contributed by atoms with van der Waals surface area (Å²) >= 11 is 0. The van der Waals surface area contributed by atoms with Gasteiger partial charge in [-0.3, -0.25) is 0 Å². The number of hydrogen-bond donors (Lipinski definition) is 2. The van der Waals surface area contributed by atoms with Crippen molar-refractivity contribution in [1.29, 1.82) is 0 Å². The van der Waals surface area contributed by atoms with E-state index < -0.39 is 0 Å². The molecule has 1 saturated carbocycles. The summed E-state index contributed by atoms with van der Waals surface area (Å²) < 4.78 is 0. The van der Waals surface area contributed by atoms with Gasteiger partial charge in [-0.2, -0.15) is 0 Å². The third kappa shape index (κ3) is 4.44. The summed E-state index contributed by atoms with van der Waals surface area (Å²) in [7, 11) is 0. The van der Waals surface area contributed by atoms with E-state index in [0.717, 1.165) is 31.0 Å². The van der Waals surface area contributed by atoms with Crippen molar-refractivity contribution in [2.45, 2.75) is 52.0 Å². The second-order valence-corrected chi connectivity index (χ2v) is 6.79. The van der Waals surface area contributed by atoms with Crippen LogP contribution >= 0.6 is 0 Å². The van der Waals surface area contributed by atoms with Crippen LogP contribution in [0.15, 0.2) is 0 Å². The molecule has 4 unspecified atom stereocenters. The highest BCUT2D eigenvalue weighted by Crippen LogP contribution is 2.30. The van der Waals surface area contributed by atoms with Crippen molar-refractivity contribution in [1.82, 2.24) is 10.2 Å². The fourth-order valence-electron chi connectivity index (χ4n) is 4.03. The zero-order chi connectivity index (χ0) is 13.7. The quantitative estimate of drug-likeness (QED) is 0.801. The van der Waals surface area contributed by atoms with Crippen molar-refractivity contribution >= 4 is 0 Å². The Labute approximate surface area is 118 Å². The van der Waals surface area contributed by atoms with E-state index in [2.05, 4.69) is 24.1 Å². The third-order valence-electron chi connectivity index (χ3n) is 5.06. The van der Waals surface area contributed by atoms with Gasteiger partial charge < -0.3 is 15.3 Å². The molecular formula is C16H32N2O. The van der Waals surface area contributed by atoms with E-state index in [0.29, 0.717) is 12.5 Å². The summed E-state index contributed by atoms with van der Waals surface area (Å²) in [5.41, 5.74) is 0. The van der Waals surface area contributed by atoms with E-state index in [-0.39, 0.29) is 0 Å². The highest BCUT2D eigenvalue weighted by atomic mass is 16.3. The molecular weight excluding hydrogens is 236 g/mol. The average molecular weight is 268 g/mol. The first-order valence-electron chi connectivity index (χ1n) is 8.29. The molecule has 19 heavy (non-hydrogen) atoms. The summed E-state index contributed by atoms with van der Waals surface area (Å²) in [4.78, 5) is 2.61. The van der Waals surface area contributed by atoms with Gasteiger partial charge in [0.2, 0.25) is 0 Å². The van der Waals surface area contributed by atoms with Crippen LogP contribution in [0.4, 0.5) is 0 Å². The first-order valence-corrected chi connectivity index (χ1v) is 8.29. The molecule has 0 bridgehead atoms. The van der Waals surface area contributed by atoms with Gasteiger partial charge in [0, 0.05) is 25.7 Å². The number of piperidine rings is 1. The normalized spacial score (nSPS) is 37.4. The zero-order valence-corrected chi connectivity index (χ0v) is 12.8. The van der Waals surface area contributed by atoms with Crippen molar-refractivity contribution in [2.24, 2.45) is 17.8 Å². The van der Waals surface area contributed by atoms with Gasteiger partial charge in [-0.05, 0) is 62.9 Å². The molecule has 1 aliphatic heterocycles. The lowest BCUT2D eigenvalue weighted by Crippen LogP contribution is -2.48. The largest absolute Gasteiger partial charge is 0.396 e. The Morgan fingerprint density at radius 1 is 1.26 bits per heavy atom. The summed E-state index contributed by atoms with van der Waals surface area (Å²) in [6.07, 6.45) is 6.58. The van der Waals surface area contributed by atoms with Crippen molar-refractivity contribution in [2.75, 3.05) is 32.8 Å². The lowest BCUT2D eigenvalue weighted by Gasteiger charge is -2.40. The second kappa shape index (κ2) is 7.61. The summed E-state index contributed by atoms with van der Waals surface area (Å²) in [6, 6.07) is 0.718. The molecule has 0 aromatic heterocycles. The molecule has 2 fully saturated rings. The van der Waals surface area contributed by atoms with Crippen LogP contribution in [-0.2, 0) is 0 Å². The zero-order valence-electron chi connectivity index (χ0n) is 12.8. The predicted molar refractivity (Wildman–Crippen MR) is 80.2 cm³/mol. The number of likely N-dealkylation sites (tertiary alicyclic amines) is 1. The topological polar surface area (TPSA) is 35.5 Å². The first-order chi connectivity index (χ1) is 9.22. The van der Waals surface area contributed by atoms with Crippen molar-refractivity contribution < 1.29 is 5.11 Å². The van der Waals surface area contributed by atoms with Crippen LogP contribution in [0.5, 0.6) is 0 Å². The lowest BCUT2D eigenvalue weighted by atomic mass is 9.78. The number of nitrogens with one attached hydrogen (secondary N) is 1. The second-order valence-electron chi connectivity index (χ2n) is 6.79. The van der Waals surface area contributed by atoms with Crippen LogP contribution in [0, 0.1) is 17.8 Å². The number of nitrogens with zero attached hydrogens (tertiary/aromatic N) is 1. The van der Waals surface area contributed by atoms with Crippen LogP contribution < -0.4 is 5.32 Å². The Morgan fingerprint density at radius 2 is 2.11 bits per heavy atom. The minimum Gasteiger partial charge on any atom is -0.396 e. The van der Waals surface area contributed by atoms with Crippen molar-refractivity contribution in [3.63, 3.8) is 0 Å². The highest BCUT2D eigenvalue weighted by Gasteiger charge is 2.30. The van der Waals surface area contributed by atoms with Gasteiger partial charge in [-0.15, -0.1) is 0 Å². The molecule has 3 nitrogen and oxygen atoms in total. The Bertz CT molecular complexity index is 259.